The molecule has 0 fully saturated rings. The summed E-state index contributed by atoms with van der Waals surface area (Å²) < 4.78 is 10.5. The number of ether oxygens (including phenoxy) is 2. The molecule has 3 rings (SSSR count). The van der Waals surface area contributed by atoms with E-state index in [-0.39, 0.29) is 23.8 Å². The fourth-order valence-electron chi connectivity index (χ4n) is 2.71. The first-order valence-electron chi connectivity index (χ1n) is 7.97. The lowest BCUT2D eigenvalue weighted by molar-refractivity contribution is 0.0470. The normalized spacial score (nSPS) is 10.6. The minimum atomic E-state index is -0.637. The van der Waals surface area contributed by atoms with Gasteiger partial charge in [0.1, 0.15) is 5.56 Å². The Morgan fingerprint density at radius 3 is 2.76 bits per heavy atom. The summed E-state index contributed by atoms with van der Waals surface area (Å²) in [5, 5.41) is 0.817. The van der Waals surface area contributed by atoms with Gasteiger partial charge in [-0.15, -0.1) is 0 Å². The second kappa shape index (κ2) is 7.17. The van der Waals surface area contributed by atoms with Crippen LogP contribution in [0, 0.1) is 6.92 Å². The van der Waals surface area contributed by atoms with Crippen LogP contribution in [-0.4, -0.2) is 34.9 Å². The standard InChI is InChI=1S/C19H18N2O4/c1-3-24-18-14(8-6-10-20-18)19(23)25-11-16(22)17-12(2)21-15-9-5-4-7-13(15)17/h4-10,21H,3,11H2,1-2H3. The number of pyridine rings is 1. The fraction of sp³-hybridized carbons (Fsp3) is 0.211. The molecule has 6 nitrogen and oxygen atoms in total. The molecule has 2 heterocycles. The predicted octanol–water partition coefficient (Wildman–Crippen LogP) is 3.31. The van der Waals surface area contributed by atoms with Crippen LogP contribution in [0.3, 0.4) is 0 Å². The van der Waals surface area contributed by atoms with Crippen LogP contribution >= 0.6 is 0 Å². The number of nitrogens with one attached hydrogen (secondary N) is 1. The van der Waals surface area contributed by atoms with E-state index in [9.17, 15) is 9.59 Å². The molecule has 0 atom stereocenters. The summed E-state index contributed by atoms with van der Waals surface area (Å²) in [6.45, 7) is 3.66. The molecule has 0 spiro atoms. The molecule has 6 heteroatoms. The van der Waals surface area contributed by atoms with E-state index in [4.69, 9.17) is 9.47 Å². The molecule has 1 N–H and O–H groups in total. The molecule has 0 aliphatic heterocycles. The van der Waals surface area contributed by atoms with E-state index >= 15 is 0 Å². The van der Waals surface area contributed by atoms with E-state index in [1.807, 2.05) is 31.2 Å². The van der Waals surface area contributed by atoms with Crippen molar-refractivity contribution in [3.05, 3.63) is 59.4 Å². The van der Waals surface area contributed by atoms with E-state index in [0.717, 1.165) is 16.6 Å². The van der Waals surface area contributed by atoms with Crippen molar-refractivity contribution in [3.8, 4) is 5.88 Å². The number of hydrogen-bond donors (Lipinski definition) is 1. The fourth-order valence-corrected chi connectivity index (χ4v) is 2.71. The van der Waals surface area contributed by atoms with Crippen molar-refractivity contribution in [2.75, 3.05) is 13.2 Å². The van der Waals surface area contributed by atoms with Crippen LogP contribution in [0.5, 0.6) is 5.88 Å². The summed E-state index contributed by atoms with van der Waals surface area (Å²) in [7, 11) is 0. The van der Waals surface area contributed by atoms with Gasteiger partial charge in [-0.25, -0.2) is 9.78 Å². The van der Waals surface area contributed by atoms with Gasteiger partial charge in [-0.2, -0.15) is 0 Å². The predicted molar refractivity (Wildman–Crippen MR) is 93.1 cm³/mol. The molecule has 0 amide bonds. The van der Waals surface area contributed by atoms with Gasteiger partial charge in [0.15, 0.2) is 6.61 Å². The summed E-state index contributed by atoms with van der Waals surface area (Å²) in [5.41, 5.74) is 2.37. The Balaban J connectivity index is 1.76. The summed E-state index contributed by atoms with van der Waals surface area (Å²) >= 11 is 0. The Hall–Kier alpha value is -3.15. The van der Waals surface area contributed by atoms with Crippen molar-refractivity contribution in [3.63, 3.8) is 0 Å². The van der Waals surface area contributed by atoms with Crippen LogP contribution in [0.2, 0.25) is 0 Å². The van der Waals surface area contributed by atoms with Crippen LogP contribution in [0.1, 0.15) is 33.3 Å². The summed E-state index contributed by atoms with van der Waals surface area (Å²) in [5.74, 6) is -0.696. The number of Topliss-reactive ketones (excluding diaryl/α,β-unsaturated/α-hetero) is 1. The zero-order valence-corrected chi connectivity index (χ0v) is 14.0. The highest BCUT2D eigenvalue weighted by atomic mass is 16.5. The van der Waals surface area contributed by atoms with Gasteiger partial charge < -0.3 is 14.5 Å². The number of H-pyrrole nitrogens is 1. The molecule has 0 bridgehead atoms. The zero-order valence-electron chi connectivity index (χ0n) is 14.0. The summed E-state index contributed by atoms with van der Waals surface area (Å²) in [6, 6.07) is 10.7. The van der Waals surface area contributed by atoms with Crippen molar-refractivity contribution in [2.45, 2.75) is 13.8 Å². The van der Waals surface area contributed by atoms with Crippen molar-refractivity contribution in [1.82, 2.24) is 9.97 Å². The van der Waals surface area contributed by atoms with Crippen LogP contribution in [0.4, 0.5) is 0 Å². The number of para-hydroxylation sites is 1. The average Bonchev–Trinajstić information content (AvgIpc) is 2.96. The van der Waals surface area contributed by atoms with Crippen LogP contribution < -0.4 is 4.74 Å². The van der Waals surface area contributed by atoms with E-state index < -0.39 is 5.97 Å². The molecule has 25 heavy (non-hydrogen) atoms. The van der Waals surface area contributed by atoms with Gasteiger partial charge in [0, 0.05) is 28.4 Å². The Morgan fingerprint density at radius 1 is 1.16 bits per heavy atom. The van der Waals surface area contributed by atoms with Crippen molar-refractivity contribution in [1.29, 1.82) is 0 Å². The maximum absolute atomic E-state index is 12.5. The third-order valence-electron chi connectivity index (χ3n) is 3.78. The Labute approximate surface area is 144 Å². The van der Waals surface area contributed by atoms with Crippen LogP contribution in [-0.2, 0) is 4.74 Å². The minimum absolute atomic E-state index is 0.200. The summed E-state index contributed by atoms with van der Waals surface area (Å²) in [6.07, 6.45) is 1.53. The van der Waals surface area contributed by atoms with Gasteiger partial charge in [-0.1, -0.05) is 18.2 Å². The highest BCUT2D eigenvalue weighted by molar-refractivity contribution is 6.10. The van der Waals surface area contributed by atoms with E-state index in [1.165, 1.54) is 6.20 Å². The second-order valence-corrected chi connectivity index (χ2v) is 5.46. The Bertz CT molecular complexity index is 930. The number of aromatic amines is 1. The maximum atomic E-state index is 12.5. The number of carbonyl (C=O) groups excluding carboxylic acids is 2. The molecule has 0 unspecified atom stereocenters. The number of fused-ring (bicyclic) bond motifs is 1. The molecular formula is C19H18N2O4. The molecule has 2 aromatic heterocycles. The van der Waals surface area contributed by atoms with Gasteiger partial charge in [0.2, 0.25) is 11.7 Å². The topological polar surface area (TPSA) is 81.3 Å². The lowest BCUT2D eigenvalue weighted by Gasteiger charge is -2.08. The monoisotopic (exact) mass is 338 g/mol. The first-order chi connectivity index (χ1) is 12.1. The number of aromatic nitrogens is 2. The molecule has 1 aromatic carbocycles. The van der Waals surface area contributed by atoms with Crippen LogP contribution in [0.15, 0.2) is 42.6 Å². The van der Waals surface area contributed by atoms with Gasteiger partial charge in [-0.05, 0) is 32.0 Å². The lowest BCUT2D eigenvalue weighted by atomic mass is 10.1. The van der Waals surface area contributed by atoms with Crippen LogP contribution in [0.25, 0.3) is 10.9 Å². The minimum Gasteiger partial charge on any atom is -0.477 e. The number of aryl methyl sites for hydroxylation is 1. The third-order valence-corrected chi connectivity index (χ3v) is 3.78. The quantitative estimate of drug-likeness (QED) is 0.551. The SMILES string of the molecule is CCOc1ncccc1C(=O)OCC(=O)c1c(C)[nH]c2ccccc12. The lowest BCUT2D eigenvalue weighted by Crippen LogP contribution is -2.16. The van der Waals surface area contributed by atoms with Crippen molar-refractivity contribution < 1.29 is 19.1 Å². The molecule has 3 aromatic rings. The highest BCUT2D eigenvalue weighted by Crippen LogP contribution is 2.22. The van der Waals surface area contributed by atoms with E-state index in [1.54, 1.807) is 19.1 Å². The molecule has 0 radical (unpaired) electrons. The number of ketones is 1. The van der Waals surface area contributed by atoms with E-state index in [2.05, 4.69) is 9.97 Å². The molecule has 128 valence electrons. The van der Waals surface area contributed by atoms with Crippen molar-refractivity contribution >= 4 is 22.7 Å². The zero-order chi connectivity index (χ0) is 17.8. The molecular weight excluding hydrogens is 320 g/mol. The largest absolute Gasteiger partial charge is 0.477 e. The number of benzene rings is 1. The molecule has 0 saturated carbocycles. The first-order valence-corrected chi connectivity index (χ1v) is 7.97. The third kappa shape index (κ3) is 3.38. The summed E-state index contributed by atoms with van der Waals surface area (Å²) in [4.78, 5) is 32.0. The van der Waals surface area contributed by atoms with Crippen molar-refractivity contribution in [2.24, 2.45) is 0 Å². The van der Waals surface area contributed by atoms with Gasteiger partial charge in [-0.3, -0.25) is 4.79 Å². The molecule has 0 aliphatic carbocycles. The van der Waals surface area contributed by atoms with Gasteiger partial charge in [0.05, 0.1) is 6.61 Å². The smallest absolute Gasteiger partial charge is 0.344 e. The highest BCUT2D eigenvalue weighted by Gasteiger charge is 2.20. The van der Waals surface area contributed by atoms with Gasteiger partial charge in [0.25, 0.3) is 0 Å². The number of rotatable bonds is 6. The number of nitrogens with zero attached hydrogens (tertiary/aromatic N) is 1. The maximum Gasteiger partial charge on any atom is 0.344 e. The number of carbonyl (C=O) groups is 2. The second-order valence-electron chi connectivity index (χ2n) is 5.46. The molecule has 0 aliphatic rings. The number of hydrogen-bond acceptors (Lipinski definition) is 5. The van der Waals surface area contributed by atoms with E-state index in [0.29, 0.717) is 12.2 Å². The number of esters is 1. The Morgan fingerprint density at radius 2 is 1.96 bits per heavy atom. The Kier molecular flexibility index (Phi) is 4.79. The first kappa shape index (κ1) is 16.7. The average molecular weight is 338 g/mol. The molecule has 0 saturated heterocycles. The van der Waals surface area contributed by atoms with Gasteiger partial charge >= 0.3 is 5.97 Å².